The molecule has 0 saturated carbocycles. The van der Waals surface area contributed by atoms with E-state index >= 15 is 0 Å². The monoisotopic (exact) mass is 625 g/mol. The first kappa shape index (κ1) is 32.7. The molecule has 4 rings (SSSR count). The molecule has 1 aliphatic heterocycles. The Kier molecular flexibility index (Phi) is 11.1. The van der Waals surface area contributed by atoms with Crippen molar-refractivity contribution < 1.29 is 27.8 Å². The minimum atomic E-state index is -3.90. The number of carbonyl (C=O) groups is 1. The molecule has 0 amide bonds. The average molecular weight is 626 g/mol. The number of nitrogens with zero attached hydrogens (tertiary/aromatic N) is 1. The highest BCUT2D eigenvalue weighted by molar-refractivity contribution is 7.89. The van der Waals surface area contributed by atoms with Crippen LogP contribution in [0.4, 0.5) is 0 Å². The summed E-state index contributed by atoms with van der Waals surface area (Å²) < 4.78 is 41.4. The van der Waals surface area contributed by atoms with E-state index in [1.54, 1.807) is 13.1 Å². The lowest BCUT2D eigenvalue weighted by Gasteiger charge is -2.43. The molecule has 9 heteroatoms. The maximum atomic E-state index is 13.8. The number of carboxylic acid groups (broad SMARTS) is 1. The second-order valence-corrected chi connectivity index (χ2v) is 13.7. The molecule has 0 unspecified atom stereocenters. The average Bonchev–Trinajstić information content (AvgIpc) is 2.99. The molecule has 7 nitrogen and oxygen atoms in total. The van der Waals surface area contributed by atoms with E-state index < -0.39 is 28.7 Å². The second kappa shape index (κ2) is 14.5. The topological polar surface area (TPSA) is 93.1 Å². The number of benzene rings is 3. The molecule has 3 aromatic rings. The van der Waals surface area contributed by atoms with Crippen LogP contribution in [-0.4, -0.2) is 43.6 Å². The van der Waals surface area contributed by atoms with Crippen LogP contribution in [-0.2, 0) is 26.1 Å². The van der Waals surface area contributed by atoms with E-state index in [-0.39, 0.29) is 35.1 Å². The summed E-state index contributed by atoms with van der Waals surface area (Å²) in [5, 5.41) is 10.0. The number of hydrogen-bond donors (Lipinski definition) is 1. The maximum absolute atomic E-state index is 13.8. The third kappa shape index (κ3) is 8.06. The number of unbranched alkanes of at least 4 members (excludes halogenated alkanes) is 1. The Balaban J connectivity index is 1.76. The lowest BCUT2D eigenvalue weighted by molar-refractivity contribution is -0.139. The van der Waals surface area contributed by atoms with Gasteiger partial charge in [-0.1, -0.05) is 86.0 Å². The van der Waals surface area contributed by atoms with Gasteiger partial charge in [-0.15, -0.1) is 0 Å². The third-order valence-corrected chi connectivity index (χ3v) is 10.1. The first-order valence-corrected chi connectivity index (χ1v) is 16.4. The largest absolute Gasteiger partial charge is 0.482 e. The van der Waals surface area contributed by atoms with E-state index in [0.29, 0.717) is 10.6 Å². The second-order valence-electron chi connectivity index (χ2n) is 11.2. The van der Waals surface area contributed by atoms with Gasteiger partial charge in [0.1, 0.15) is 5.75 Å². The predicted molar refractivity (Wildman–Crippen MR) is 169 cm³/mol. The minimum absolute atomic E-state index is 0.0778. The van der Waals surface area contributed by atoms with E-state index in [4.69, 9.17) is 21.1 Å². The first-order chi connectivity index (χ1) is 20.5. The zero-order chi connectivity index (χ0) is 31.1. The summed E-state index contributed by atoms with van der Waals surface area (Å²) in [5.74, 6) is -0.947. The lowest BCUT2D eigenvalue weighted by atomic mass is 9.74. The standard InChI is InChI=1S/C34H40ClNO6S/c1-5-6-12-32-29(25-13-15-26(35)16-14-25)20-28(23(2)3)34(42-32)30-19-27(17-18-31(30)41-22-33(37)38)43(39,40)36(4)21-24-10-8-7-9-11-24/h7-11,13-19,28-29,32,34H,2,5-6,12,20-22H2,1,3-4H3,(H,37,38)/t28-,29-,32+,34+/m0/s1. The molecular weight excluding hydrogens is 586 g/mol. The van der Waals surface area contributed by atoms with Gasteiger partial charge in [0.05, 0.1) is 17.1 Å². The molecule has 230 valence electrons. The first-order valence-electron chi connectivity index (χ1n) is 14.6. The summed E-state index contributed by atoms with van der Waals surface area (Å²) in [6, 6.07) is 21.8. The molecule has 4 atom stereocenters. The molecule has 1 fully saturated rings. The summed E-state index contributed by atoms with van der Waals surface area (Å²) >= 11 is 6.19. The van der Waals surface area contributed by atoms with E-state index in [2.05, 4.69) is 13.5 Å². The van der Waals surface area contributed by atoms with Gasteiger partial charge < -0.3 is 14.6 Å². The summed E-state index contributed by atoms with van der Waals surface area (Å²) in [5.41, 5.74) is 3.37. The highest BCUT2D eigenvalue weighted by Crippen LogP contribution is 2.49. The van der Waals surface area contributed by atoms with Crippen molar-refractivity contribution >= 4 is 27.6 Å². The van der Waals surface area contributed by atoms with Crippen molar-refractivity contribution in [1.29, 1.82) is 0 Å². The predicted octanol–water partition coefficient (Wildman–Crippen LogP) is 7.62. The Morgan fingerprint density at radius 3 is 2.44 bits per heavy atom. The summed E-state index contributed by atoms with van der Waals surface area (Å²) in [6.45, 7) is 7.98. The van der Waals surface area contributed by atoms with Crippen LogP contribution >= 0.6 is 11.6 Å². The molecule has 0 spiro atoms. The van der Waals surface area contributed by atoms with Gasteiger partial charge in [-0.05, 0) is 61.2 Å². The van der Waals surface area contributed by atoms with Gasteiger partial charge in [0.25, 0.3) is 0 Å². The van der Waals surface area contributed by atoms with Crippen molar-refractivity contribution in [3.05, 3.63) is 107 Å². The number of ether oxygens (including phenoxy) is 2. The molecule has 1 N–H and O–H groups in total. The fourth-order valence-electron chi connectivity index (χ4n) is 5.70. The molecule has 0 radical (unpaired) electrons. The molecular formula is C34H40ClNO6S. The Hall–Kier alpha value is -3.17. The van der Waals surface area contributed by atoms with Gasteiger partial charge in [0.2, 0.25) is 10.0 Å². The quantitative estimate of drug-likeness (QED) is 0.196. The van der Waals surface area contributed by atoms with Gasteiger partial charge in [-0.25, -0.2) is 13.2 Å². The van der Waals surface area contributed by atoms with Gasteiger partial charge >= 0.3 is 5.97 Å². The summed E-state index contributed by atoms with van der Waals surface area (Å²) in [6.07, 6.45) is 2.75. The van der Waals surface area contributed by atoms with Crippen molar-refractivity contribution in [2.75, 3.05) is 13.7 Å². The van der Waals surface area contributed by atoms with Gasteiger partial charge in [-0.3, -0.25) is 0 Å². The minimum Gasteiger partial charge on any atom is -0.482 e. The smallest absolute Gasteiger partial charge is 0.341 e. The van der Waals surface area contributed by atoms with Crippen LogP contribution in [0.25, 0.3) is 0 Å². The van der Waals surface area contributed by atoms with Crippen molar-refractivity contribution in [2.24, 2.45) is 5.92 Å². The molecule has 1 saturated heterocycles. The third-order valence-electron chi connectivity index (χ3n) is 8.01. The number of sulfonamides is 1. The zero-order valence-electron chi connectivity index (χ0n) is 24.9. The van der Waals surface area contributed by atoms with E-state index in [1.807, 2.05) is 61.5 Å². The van der Waals surface area contributed by atoms with Crippen LogP contribution in [0.1, 0.15) is 68.2 Å². The van der Waals surface area contributed by atoms with E-state index in [0.717, 1.165) is 42.4 Å². The number of halogens is 1. The Labute approximate surface area is 260 Å². The van der Waals surface area contributed by atoms with Crippen LogP contribution in [0.3, 0.4) is 0 Å². The molecule has 43 heavy (non-hydrogen) atoms. The van der Waals surface area contributed by atoms with Crippen LogP contribution in [0.15, 0.2) is 89.8 Å². The van der Waals surface area contributed by atoms with Gasteiger partial charge in [0, 0.05) is 36.0 Å². The summed E-state index contributed by atoms with van der Waals surface area (Å²) in [7, 11) is -2.35. The van der Waals surface area contributed by atoms with Gasteiger partial charge in [-0.2, -0.15) is 4.31 Å². The molecule has 0 aliphatic carbocycles. The van der Waals surface area contributed by atoms with E-state index in [1.165, 1.54) is 16.4 Å². The van der Waals surface area contributed by atoms with Crippen LogP contribution in [0.5, 0.6) is 5.75 Å². The van der Waals surface area contributed by atoms with Crippen LogP contribution < -0.4 is 4.74 Å². The maximum Gasteiger partial charge on any atom is 0.341 e. The molecule has 1 aliphatic rings. The Bertz CT molecular complexity index is 1510. The van der Waals surface area contributed by atoms with Crippen molar-refractivity contribution in [3.63, 3.8) is 0 Å². The molecule has 0 bridgehead atoms. The number of rotatable bonds is 13. The normalized spacial score (nSPS) is 20.6. The highest BCUT2D eigenvalue weighted by atomic mass is 35.5. The van der Waals surface area contributed by atoms with E-state index in [9.17, 15) is 18.3 Å². The Morgan fingerprint density at radius 2 is 1.81 bits per heavy atom. The molecule has 0 aromatic heterocycles. The number of aliphatic carboxylic acids is 1. The number of hydrogen-bond acceptors (Lipinski definition) is 5. The van der Waals surface area contributed by atoms with Gasteiger partial charge in [0.15, 0.2) is 6.61 Å². The molecule has 1 heterocycles. The highest BCUT2D eigenvalue weighted by Gasteiger charge is 2.41. The van der Waals surface area contributed by atoms with Crippen LogP contribution in [0, 0.1) is 5.92 Å². The zero-order valence-corrected chi connectivity index (χ0v) is 26.5. The molecule has 3 aromatic carbocycles. The Morgan fingerprint density at radius 1 is 1.12 bits per heavy atom. The van der Waals surface area contributed by atoms with Crippen molar-refractivity contribution in [3.8, 4) is 5.75 Å². The van der Waals surface area contributed by atoms with Crippen molar-refractivity contribution in [1.82, 2.24) is 4.31 Å². The fourth-order valence-corrected chi connectivity index (χ4v) is 7.02. The van der Waals surface area contributed by atoms with Crippen molar-refractivity contribution in [2.45, 2.75) is 69.1 Å². The lowest BCUT2D eigenvalue weighted by Crippen LogP contribution is -2.36. The van der Waals surface area contributed by atoms with Crippen LogP contribution in [0.2, 0.25) is 5.02 Å². The fraction of sp³-hybridized carbons (Fsp3) is 0.382. The summed E-state index contributed by atoms with van der Waals surface area (Å²) in [4.78, 5) is 11.5. The SMILES string of the molecule is C=C(C)[C@@H]1C[C@@H](c2ccc(Cl)cc2)[C@@H](CCCC)O[C@H]1c1cc(S(=O)(=O)N(C)Cc2ccccc2)ccc1OCC(=O)O. The number of carboxylic acids is 1.